The maximum Gasteiger partial charge on any atom is 0.0933 e. The van der Waals surface area contributed by atoms with Crippen LogP contribution in [0.15, 0.2) is 0 Å². The Morgan fingerprint density at radius 2 is 2.38 bits per heavy atom. The molecule has 3 atom stereocenters. The van der Waals surface area contributed by atoms with Crippen LogP contribution in [0.2, 0.25) is 0 Å². The van der Waals surface area contributed by atoms with Gasteiger partial charge in [-0.15, -0.1) is 0 Å². The van der Waals surface area contributed by atoms with Crippen molar-refractivity contribution < 1.29 is 9.84 Å². The molecule has 1 aliphatic rings. The molecule has 13 heavy (non-hydrogen) atoms. The highest BCUT2D eigenvalue weighted by Gasteiger charge is 2.28. The second-order valence-corrected chi connectivity index (χ2v) is 3.77. The van der Waals surface area contributed by atoms with E-state index in [4.69, 9.17) is 15.6 Å². The molecule has 0 spiro atoms. The predicted molar refractivity (Wildman–Crippen MR) is 51.5 cm³/mol. The quantitative estimate of drug-likeness (QED) is 0.622. The van der Waals surface area contributed by atoms with Crippen LogP contribution in [0.25, 0.3) is 0 Å². The molecule has 0 aromatic heterocycles. The number of morpholine rings is 1. The molecule has 1 heterocycles. The van der Waals surface area contributed by atoms with Crippen LogP contribution in [0, 0.1) is 0 Å². The average Bonchev–Trinajstić information content (AvgIpc) is 2.17. The number of rotatable bonds is 3. The lowest BCUT2D eigenvalue weighted by atomic mass is 10.1. The van der Waals surface area contributed by atoms with E-state index in [0.29, 0.717) is 25.2 Å². The zero-order valence-electron chi connectivity index (χ0n) is 8.44. The van der Waals surface area contributed by atoms with Gasteiger partial charge in [-0.3, -0.25) is 4.90 Å². The van der Waals surface area contributed by atoms with Crippen LogP contribution in [0.1, 0.15) is 13.8 Å². The average molecular weight is 188 g/mol. The van der Waals surface area contributed by atoms with Crippen LogP contribution in [-0.2, 0) is 4.74 Å². The number of ether oxygens (including phenoxy) is 1. The Balaban J connectivity index is 2.49. The Kier molecular flexibility index (Phi) is 4.12. The van der Waals surface area contributed by atoms with Crippen molar-refractivity contribution in [3.8, 4) is 0 Å². The SMILES string of the molecule is CC(CN)N1CC(CO)OCC1C. The molecule has 0 bridgehead atoms. The Morgan fingerprint density at radius 3 is 2.92 bits per heavy atom. The van der Waals surface area contributed by atoms with Gasteiger partial charge in [-0.1, -0.05) is 0 Å². The molecule has 0 aliphatic carbocycles. The third-order valence-electron chi connectivity index (χ3n) is 2.66. The molecule has 0 amide bonds. The van der Waals surface area contributed by atoms with Crippen molar-refractivity contribution in [1.29, 1.82) is 0 Å². The molecule has 3 N–H and O–H groups in total. The van der Waals surface area contributed by atoms with E-state index >= 15 is 0 Å². The Bertz CT molecular complexity index is 151. The fraction of sp³-hybridized carbons (Fsp3) is 1.00. The van der Waals surface area contributed by atoms with E-state index in [1.807, 2.05) is 0 Å². The molecule has 4 heteroatoms. The first-order chi connectivity index (χ1) is 6.19. The van der Waals surface area contributed by atoms with Crippen LogP contribution >= 0.6 is 0 Å². The van der Waals surface area contributed by atoms with Crippen LogP contribution in [-0.4, -0.2) is 54.5 Å². The minimum atomic E-state index is -0.0369. The Morgan fingerprint density at radius 1 is 1.69 bits per heavy atom. The molecule has 1 aliphatic heterocycles. The number of aliphatic hydroxyl groups is 1. The van der Waals surface area contributed by atoms with Gasteiger partial charge in [0.1, 0.15) is 0 Å². The largest absolute Gasteiger partial charge is 0.394 e. The van der Waals surface area contributed by atoms with Gasteiger partial charge in [0.25, 0.3) is 0 Å². The van der Waals surface area contributed by atoms with Gasteiger partial charge in [0.2, 0.25) is 0 Å². The first kappa shape index (κ1) is 10.9. The number of hydrogen-bond acceptors (Lipinski definition) is 4. The van der Waals surface area contributed by atoms with E-state index in [2.05, 4.69) is 18.7 Å². The van der Waals surface area contributed by atoms with Gasteiger partial charge in [-0.05, 0) is 13.8 Å². The minimum Gasteiger partial charge on any atom is -0.394 e. The summed E-state index contributed by atoms with van der Waals surface area (Å²) in [5.41, 5.74) is 5.61. The van der Waals surface area contributed by atoms with Crippen LogP contribution in [0.4, 0.5) is 0 Å². The normalized spacial score (nSPS) is 33.2. The topological polar surface area (TPSA) is 58.7 Å². The van der Waals surface area contributed by atoms with Gasteiger partial charge in [0.15, 0.2) is 0 Å². The summed E-state index contributed by atoms with van der Waals surface area (Å²) >= 11 is 0. The Labute approximate surface area is 79.7 Å². The fourth-order valence-corrected chi connectivity index (χ4v) is 1.70. The van der Waals surface area contributed by atoms with Crippen LogP contribution in [0.3, 0.4) is 0 Å². The molecule has 0 saturated carbocycles. The van der Waals surface area contributed by atoms with Crippen LogP contribution in [0.5, 0.6) is 0 Å². The number of aliphatic hydroxyl groups excluding tert-OH is 1. The second-order valence-electron chi connectivity index (χ2n) is 3.77. The van der Waals surface area contributed by atoms with E-state index in [0.717, 1.165) is 6.54 Å². The number of nitrogens with two attached hydrogens (primary N) is 1. The molecule has 3 unspecified atom stereocenters. The third-order valence-corrected chi connectivity index (χ3v) is 2.66. The molecular weight excluding hydrogens is 168 g/mol. The summed E-state index contributed by atoms with van der Waals surface area (Å²) in [4.78, 5) is 2.30. The van der Waals surface area contributed by atoms with Crippen molar-refractivity contribution in [3.05, 3.63) is 0 Å². The van der Waals surface area contributed by atoms with Crippen molar-refractivity contribution in [2.75, 3.05) is 26.3 Å². The maximum absolute atomic E-state index is 8.97. The van der Waals surface area contributed by atoms with Gasteiger partial charge in [-0.25, -0.2) is 0 Å². The van der Waals surface area contributed by atoms with Crippen molar-refractivity contribution in [2.45, 2.75) is 32.0 Å². The van der Waals surface area contributed by atoms with E-state index in [1.165, 1.54) is 0 Å². The van der Waals surface area contributed by atoms with Gasteiger partial charge in [0, 0.05) is 25.2 Å². The minimum absolute atomic E-state index is 0.0369. The van der Waals surface area contributed by atoms with E-state index in [1.54, 1.807) is 0 Å². The highest BCUT2D eigenvalue weighted by atomic mass is 16.5. The molecule has 1 rings (SSSR count). The zero-order chi connectivity index (χ0) is 9.84. The van der Waals surface area contributed by atoms with Crippen molar-refractivity contribution in [1.82, 2.24) is 4.90 Å². The molecular formula is C9H20N2O2. The summed E-state index contributed by atoms with van der Waals surface area (Å²) in [5, 5.41) is 8.97. The molecule has 0 aromatic rings. The summed E-state index contributed by atoms with van der Waals surface area (Å²) in [6.07, 6.45) is -0.0369. The standard InChI is InChI=1S/C9H20N2O2/c1-7(3-10)11-4-9(5-12)13-6-8(11)2/h7-9,12H,3-6,10H2,1-2H3. The number of nitrogens with zero attached hydrogens (tertiary/aromatic N) is 1. The summed E-state index contributed by atoms with van der Waals surface area (Å²) in [5.74, 6) is 0. The van der Waals surface area contributed by atoms with Gasteiger partial charge >= 0.3 is 0 Å². The smallest absolute Gasteiger partial charge is 0.0933 e. The lowest BCUT2D eigenvalue weighted by molar-refractivity contribution is -0.0878. The first-order valence-electron chi connectivity index (χ1n) is 4.87. The van der Waals surface area contributed by atoms with E-state index < -0.39 is 0 Å². The fourth-order valence-electron chi connectivity index (χ4n) is 1.70. The summed E-state index contributed by atoms with van der Waals surface area (Å²) in [7, 11) is 0. The predicted octanol–water partition coefficient (Wildman–Crippen LogP) is -0.585. The molecule has 0 aromatic carbocycles. The van der Waals surface area contributed by atoms with Crippen molar-refractivity contribution in [3.63, 3.8) is 0 Å². The molecule has 1 fully saturated rings. The van der Waals surface area contributed by atoms with E-state index in [9.17, 15) is 0 Å². The number of hydrogen-bond donors (Lipinski definition) is 2. The van der Waals surface area contributed by atoms with Gasteiger partial charge < -0.3 is 15.6 Å². The molecule has 1 saturated heterocycles. The van der Waals surface area contributed by atoms with Crippen LogP contribution < -0.4 is 5.73 Å². The lowest BCUT2D eigenvalue weighted by Crippen LogP contribution is -2.54. The van der Waals surface area contributed by atoms with Gasteiger partial charge in [0.05, 0.1) is 19.3 Å². The highest BCUT2D eigenvalue weighted by Crippen LogP contribution is 2.13. The second kappa shape index (κ2) is 4.91. The van der Waals surface area contributed by atoms with Gasteiger partial charge in [-0.2, -0.15) is 0 Å². The maximum atomic E-state index is 8.97. The van der Waals surface area contributed by atoms with Crippen molar-refractivity contribution in [2.24, 2.45) is 5.73 Å². The van der Waals surface area contributed by atoms with E-state index in [-0.39, 0.29) is 12.7 Å². The first-order valence-corrected chi connectivity index (χ1v) is 4.87. The summed E-state index contributed by atoms with van der Waals surface area (Å²) in [6.45, 7) is 6.46. The third kappa shape index (κ3) is 2.64. The lowest BCUT2D eigenvalue weighted by Gasteiger charge is -2.40. The summed E-state index contributed by atoms with van der Waals surface area (Å²) < 4.78 is 5.43. The van der Waals surface area contributed by atoms with Crippen molar-refractivity contribution >= 4 is 0 Å². The Hall–Kier alpha value is -0.160. The molecule has 78 valence electrons. The zero-order valence-corrected chi connectivity index (χ0v) is 8.44. The monoisotopic (exact) mass is 188 g/mol. The molecule has 4 nitrogen and oxygen atoms in total. The summed E-state index contributed by atoms with van der Waals surface area (Å²) in [6, 6.07) is 0.772. The molecule has 0 radical (unpaired) electrons. The highest BCUT2D eigenvalue weighted by molar-refractivity contribution is 4.81.